The maximum absolute atomic E-state index is 12.8. The van der Waals surface area contributed by atoms with E-state index in [0.29, 0.717) is 23.5 Å². The average Bonchev–Trinajstić information content (AvgIpc) is 2.77. The second-order valence-corrected chi connectivity index (χ2v) is 6.57. The Labute approximate surface area is 130 Å². The van der Waals surface area contributed by atoms with Crippen molar-refractivity contribution in [3.63, 3.8) is 0 Å². The van der Waals surface area contributed by atoms with Crippen LogP contribution in [0.1, 0.15) is 24.5 Å². The molecular weight excluding hydrogens is 315 g/mol. The number of alkyl halides is 3. The van der Waals surface area contributed by atoms with Crippen LogP contribution in [0, 0.1) is 12.8 Å². The SMILES string of the molecule is CC(=O)SCC1CC(=O)N(c2cc(C(F)(F)F)ccc2C)C1. The lowest BCUT2D eigenvalue weighted by Crippen LogP contribution is -2.26. The molecule has 1 aromatic rings. The molecule has 22 heavy (non-hydrogen) atoms. The number of carbonyl (C=O) groups is 2. The van der Waals surface area contributed by atoms with Gasteiger partial charge in [0.25, 0.3) is 0 Å². The van der Waals surface area contributed by atoms with Crippen molar-refractivity contribution in [3.05, 3.63) is 29.3 Å². The fourth-order valence-electron chi connectivity index (χ4n) is 2.44. The van der Waals surface area contributed by atoms with E-state index in [9.17, 15) is 22.8 Å². The molecule has 1 aliphatic rings. The molecule has 1 saturated heterocycles. The summed E-state index contributed by atoms with van der Waals surface area (Å²) in [7, 11) is 0. The largest absolute Gasteiger partial charge is 0.416 e. The number of aryl methyl sites for hydroxylation is 1. The van der Waals surface area contributed by atoms with Crippen LogP contribution in [0.25, 0.3) is 0 Å². The lowest BCUT2D eigenvalue weighted by Gasteiger charge is -2.20. The molecule has 7 heteroatoms. The van der Waals surface area contributed by atoms with Gasteiger partial charge in [-0.05, 0) is 30.5 Å². The summed E-state index contributed by atoms with van der Waals surface area (Å²) in [4.78, 5) is 24.5. The van der Waals surface area contributed by atoms with E-state index in [1.165, 1.54) is 17.9 Å². The Morgan fingerprint density at radius 1 is 1.41 bits per heavy atom. The minimum absolute atomic E-state index is 0.0182. The van der Waals surface area contributed by atoms with E-state index in [0.717, 1.165) is 23.9 Å². The number of anilines is 1. The van der Waals surface area contributed by atoms with Crippen LogP contribution in [0.3, 0.4) is 0 Å². The number of thioether (sulfide) groups is 1. The standard InChI is InChI=1S/C15H16F3NO2S/c1-9-3-4-12(15(16,17)18)6-13(9)19-7-11(5-14(19)21)8-22-10(2)20/h3-4,6,11H,5,7-8H2,1-2H3. The van der Waals surface area contributed by atoms with E-state index < -0.39 is 11.7 Å². The van der Waals surface area contributed by atoms with Crippen molar-refractivity contribution in [2.45, 2.75) is 26.4 Å². The van der Waals surface area contributed by atoms with E-state index in [1.54, 1.807) is 6.92 Å². The first-order chi connectivity index (χ1) is 10.2. The molecule has 0 bridgehead atoms. The summed E-state index contributed by atoms with van der Waals surface area (Å²) in [6.07, 6.45) is -4.18. The van der Waals surface area contributed by atoms with Crippen LogP contribution in [0.5, 0.6) is 0 Å². The number of amides is 1. The molecule has 0 radical (unpaired) electrons. The monoisotopic (exact) mass is 331 g/mol. The van der Waals surface area contributed by atoms with Gasteiger partial charge in [-0.15, -0.1) is 0 Å². The molecule has 120 valence electrons. The first-order valence-corrected chi connectivity index (χ1v) is 7.78. The van der Waals surface area contributed by atoms with Crippen molar-refractivity contribution in [3.8, 4) is 0 Å². The topological polar surface area (TPSA) is 37.4 Å². The van der Waals surface area contributed by atoms with Crippen molar-refractivity contribution in [1.82, 2.24) is 0 Å². The highest BCUT2D eigenvalue weighted by Gasteiger charge is 2.35. The summed E-state index contributed by atoms with van der Waals surface area (Å²) in [5.41, 5.74) is 0.166. The summed E-state index contributed by atoms with van der Waals surface area (Å²) >= 11 is 1.14. The van der Waals surface area contributed by atoms with Crippen LogP contribution >= 0.6 is 11.8 Å². The molecule has 1 heterocycles. The Balaban J connectivity index is 2.21. The lowest BCUT2D eigenvalue weighted by atomic mass is 10.1. The molecule has 1 fully saturated rings. The van der Waals surface area contributed by atoms with Gasteiger partial charge >= 0.3 is 6.18 Å². The minimum Gasteiger partial charge on any atom is -0.312 e. The minimum atomic E-state index is -4.44. The summed E-state index contributed by atoms with van der Waals surface area (Å²) < 4.78 is 38.5. The smallest absolute Gasteiger partial charge is 0.312 e. The molecule has 0 N–H and O–H groups in total. The molecule has 0 aromatic heterocycles. The summed E-state index contributed by atoms with van der Waals surface area (Å²) in [6.45, 7) is 3.48. The van der Waals surface area contributed by atoms with Crippen LogP contribution in [0.15, 0.2) is 18.2 Å². The molecule has 2 rings (SSSR count). The molecule has 1 atom stereocenters. The third-order valence-corrected chi connectivity index (χ3v) is 4.60. The number of hydrogen-bond acceptors (Lipinski definition) is 3. The molecule has 0 saturated carbocycles. The third-order valence-electron chi connectivity index (χ3n) is 3.55. The molecule has 1 unspecified atom stereocenters. The van der Waals surface area contributed by atoms with Crippen molar-refractivity contribution >= 4 is 28.5 Å². The summed E-state index contributed by atoms with van der Waals surface area (Å²) in [5.74, 6) is 0.294. The van der Waals surface area contributed by atoms with Crippen molar-refractivity contribution in [1.29, 1.82) is 0 Å². The van der Waals surface area contributed by atoms with Gasteiger partial charge in [0.05, 0.1) is 5.56 Å². The van der Waals surface area contributed by atoms with E-state index >= 15 is 0 Å². The predicted octanol–water partition coefficient (Wildman–Crippen LogP) is 3.65. The average molecular weight is 331 g/mol. The Hall–Kier alpha value is -1.50. The van der Waals surface area contributed by atoms with Crippen LogP contribution in [-0.2, 0) is 15.8 Å². The zero-order chi connectivity index (χ0) is 16.5. The zero-order valence-corrected chi connectivity index (χ0v) is 13.1. The molecule has 1 amide bonds. The number of nitrogens with zero attached hydrogens (tertiary/aromatic N) is 1. The second kappa shape index (κ2) is 6.32. The first-order valence-electron chi connectivity index (χ1n) is 6.80. The van der Waals surface area contributed by atoms with Gasteiger partial charge in [-0.2, -0.15) is 13.2 Å². The quantitative estimate of drug-likeness (QED) is 0.848. The van der Waals surface area contributed by atoms with E-state index in [2.05, 4.69) is 0 Å². The van der Waals surface area contributed by atoms with Gasteiger partial charge in [0.2, 0.25) is 5.91 Å². The fourth-order valence-corrected chi connectivity index (χ4v) is 3.13. The molecule has 1 aliphatic heterocycles. The number of halogens is 3. The predicted molar refractivity (Wildman–Crippen MR) is 79.8 cm³/mol. The fraction of sp³-hybridized carbons (Fsp3) is 0.467. The number of carbonyl (C=O) groups excluding carboxylic acids is 2. The van der Waals surface area contributed by atoms with Gasteiger partial charge < -0.3 is 4.90 Å². The van der Waals surface area contributed by atoms with E-state index in [1.807, 2.05) is 0 Å². The Kier molecular flexibility index (Phi) is 4.84. The van der Waals surface area contributed by atoms with Crippen LogP contribution < -0.4 is 4.90 Å². The second-order valence-electron chi connectivity index (χ2n) is 5.38. The van der Waals surface area contributed by atoms with Gasteiger partial charge in [-0.1, -0.05) is 17.8 Å². The Morgan fingerprint density at radius 2 is 2.09 bits per heavy atom. The van der Waals surface area contributed by atoms with E-state index in [4.69, 9.17) is 0 Å². The number of hydrogen-bond donors (Lipinski definition) is 0. The van der Waals surface area contributed by atoms with Crippen molar-refractivity contribution in [2.24, 2.45) is 5.92 Å². The van der Waals surface area contributed by atoms with Crippen molar-refractivity contribution < 1.29 is 22.8 Å². The van der Waals surface area contributed by atoms with Crippen LogP contribution in [0.2, 0.25) is 0 Å². The van der Waals surface area contributed by atoms with E-state index in [-0.39, 0.29) is 23.4 Å². The van der Waals surface area contributed by atoms with Crippen LogP contribution in [0.4, 0.5) is 18.9 Å². The number of benzene rings is 1. The molecule has 0 aliphatic carbocycles. The lowest BCUT2D eigenvalue weighted by molar-refractivity contribution is -0.137. The summed E-state index contributed by atoms with van der Waals surface area (Å²) in [5, 5.41) is -0.0267. The molecule has 1 aromatic carbocycles. The van der Waals surface area contributed by atoms with Gasteiger partial charge in [0, 0.05) is 31.3 Å². The maximum Gasteiger partial charge on any atom is 0.416 e. The third kappa shape index (κ3) is 3.82. The molecular formula is C15H16F3NO2S. The highest BCUT2D eigenvalue weighted by Crippen LogP contribution is 2.35. The molecule has 0 spiro atoms. The highest BCUT2D eigenvalue weighted by atomic mass is 32.2. The Morgan fingerprint density at radius 3 is 2.68 bits per heavy atom. The number of rotatable bonds is 3. The van der Waals surface area contributed by atoms with Gasteiger partial charge in [0.15, 0.2) is 5.12 Å². The summed E-state index contributed by atoms with van der Waals surface area (Å²) in [6, 6.07) is 3.42. The zero-order valence-electron chi connectivity index (χ0n) is 12.2. The Bertz CT molecular complexity index is 601. The van der Waals surface area contributed by atoms with Gasteiger partial charge in [0.1, 0.15) is 0 Å². The van der Waals surface area contributed by atoms with Gasteiger partial charge in [-0.3, -0.25) is 9.59 Å². The normalized spacial score (nSPS) is 18.9. The maximum atomic E-state index is 12.8. The first kappa shape index (κ1) is 16.9. The highest BCUT2D eigenvalue weighted by molar-refractivity contribution is 8.13. The van der Waals surface area contributed by atoms with Gasteiger partial charge in [-0.25, -0.2) is 0 Å². The van der Waals surface area contributed by atoms with Crippen molar-refractivity contribution in [2.75, 3.05) is 17.2 Å². The molecule has 3 nitrogen and oxygen atoms in total. The van der Waals surface area contributed by atoms with Crippen LogP contribution in [-0.4, -0.2) is 23.3 Å².